The first-order valence-electron chi connectivity index (χ1n) is 10.4. The number of nitrogens with zero attached hydrogens (tertiary/aromatic N) is 5. The molecule has 0 bridgehead atoms. The Morgan fingerprint density at radius 3 is 3.00 bits per heavy atom. The van der Waals surface area contributed by atoms with Gasteiger partial charge >= 0.3 is 0 Å². The molecule has 1 fully saturated rings. The molecule has 0 aliphatic carbocycles. The number of rotatable bonds is 10. The van der Waals surface area contributed by atoms with Crippen LogP contribution in [-0.4, -0.2) is 83.8 Å². The molecule has 10 heteroatoms. The van der Waals surface area contributed by atoms with Gasteiger partial charge in [0.05, 0.1) is 23.3 Å². The number of halogens is 2. The molecule has 1 aliphatic rings. The maximum Gasteiger partial charge on any atom is 0.279 e. The number of piperidine rings is 1. The van der Waals surface area contributed by atoms with Crippen LogP contribution in [0, 0.1) is 11.3 Å². The quantitative estimate of drug-likeness (QED) is 0.394. The van der Waals surface area contributed by atoms with E-state index in [2.05, 4.69) is 49.1 Å². The fourth-order valence-corrected chi connectivity index (χ4v) is 3.51. The molecule has 3 N–H and O–H groups in total. The minimum Gasteiger partial charge on any atom is -0.356 e. The van der Waals surface area contributed by atoms with Crippen LogP contribution in [0.5, 0.6) is 0 Å². The number of hydrogen-bond acceptors (Lipinski definition) is 7. The fourth-order valence-electron chi connectivity index (χ4n) is 3.51. The Morgan fingerprint density at radius 2 is 2.23 bits per heavy atom. The number of alkyl halides is 2. The number of likely N-dealkylation sites (N-methyl/N-ethyl adjacent to an activating group) is 1. The number of aromatic amines is 1. The fraction of sp³-hybridized carbons (Fsp3) is 0.524. The molecule has 1 aliphatic heterocycles. The van der Waals surface area contributed by atoms with Gasteiger partial charge in [-0.2, -0.15) is 0 Å². The van der Waals surface area contributed by atoms with Crippen molar-refractivity contribution in [3.8, 4) is 11.4 Å². The van der Waals surface area contributed by atoms with Crippen molar-refractivity contribution in [2.24, 2.45) is 5.92 Å². The highest BCUT2D eigenvalue weighted by Crippen LogP contribution is 2.24. The highest BCUT2D eigenvalue weighted by molar-refractivity contribution is 5.97. The summed E-state index contributed by atoms with van der Waals surface area (Å²) in [7, 11) is 4.15. The van der Waals surface area contributed by atoms with Gasteiger partial charge in [0.25, 0.3) is 6.43 Å². The van der Waals surface area contributed by atoms with Gasteiger partial charge in [-0.25, -0.2) is 23.7 Å². The number of anilines is 1. The minimum absolute atomic E-state index is 0.391. The largest absolute Gasteiger partial charge is 0.356 e. The van der Waals surface area contributed by atoms with Crippen LogP contribution in [0.4, 0.5) is 14.6 Å². The van der Waals surface area contributed by atoms with Crippen molar-refractivity contribution in [2.45, 2.75) is 19.3 Å². The van der Waals surface area contributed by atoms with Gasteiger partial charge < -0.3 is 20.1 Å². The monoisotopic (exact) mass is 432 g/mol. The summed E-state index contributed by atoms with van der Waals surface area (Å²) in [5.41, 5.74) is 0.608. The van der Waals surface area contributed by atoms with Crippen LogP contribution in [0.3, 0.4) is 0 Å². The van der Waals surface area contributed by atoms with E-state index in [-0.39, 0.29) is 0 Å². The summed E-state index contributed by atoms with van der Waals surface area (Å²) < 4.78 is 24.9. The van der Waals surface area contributed by atoms with Gasteiger partial charge in [0, 0.05) is 32.2 Å². The smallest absolute Gasteiger partial charge is 0.279 e. The van der Waals surface area contributed by atoms with Crippen LogP contribution in [0.2, 0.25) is 0 Å². The van der Waals surface area contributed by atoms with Crippen LogP contribution in [0.1, 0.15) is 18.7 Å². The van der Waals surface area contributed by atoms with E-state index in [4.69, 9.17) is 5.41 Å². The predicted molar refractivity (Wildman–Crippen MR) is 119 cm³/mol. The highest BCUT2D eigenvalue weighted by atomic mass is 19.3. The van der Waals surface area contributed by atoms with Crippen molar-refractivity contribution in [2.75, 3.05) is 51.7 Å². The van der Waals surface area contributed by atoms with E-state index in [0.29, 0.717) is 23.1 Å². The van der Waals surface area contributed by atoms with E-state index in [1.807, 2.05) is 6.07 Å². The molecule has 3 rings (SSSR count). The first kappa shape index (κ1) is 23.0. The molecule has 31 heavy (non-hydrogen) atoms. The molecule has 0 amide bonds. The van der Waals surface area contributed by atoms with Crippen LogP contribution in [0.15, 0.2) is 24.7 Å². The molecule has 3 heterocycles. The second-order valence-electron chi connectivity index (χ2n) is 7.99. The van der Waals surface area contributed by atoms with Crippen LogP contribution >= 0.6 is 0 Å². The van der Waals surface area contributed by atoms with Crippen LogP contribution < -0.4 is 10.2 Å². The summed E-state index contributed by atoms with van der Waals surface area (Å²) in [6, 6.07) is 1.92. The molecule has 0 radical (unpaired) electrons. The summed E-state index contributed by atoms with van der Waals surface area (Å²) in [6.07, 6.45) is 5.06. The zero-order valence-electron chi connectivity index (χ0n) is 18.0. The molecule has 0 spiro atoms. The Labute approximate surface area is 181 Å². The molecular weight excluding hydrogens is 402 g/mol. The van der Waals surface area contributed by atoms with E-state index in [9.17, 15) is 8.78 Å². The third kappa shape index (κ3) is 6.90. The Bertz CT molecular complexity index is 880. The number of aromatic nitrogens is 4. The van der Waals surface area contributed by atoms with E-state index in [1.165, 1.54) is 18.8 Å². The summed E-state index contributed by atoms with van der Waals surface area (Å²) in [4.78, 5) is 20.4. The summed E-state index contributed by atoms with van der Waals surface area (Å²) in [5.74, 6) is 1.83. The number of nitrogens with one attached hydrogen (secondary N) is 3. The Hall–Kier alpha value is -2.72. The van der Waals surface area contributed by atoms with E-state index < -0.39 is 12.1 Å². The average Bonchev–Trinajstić information content (AvgIpc) is 3.24. The Balaban J connectivity index is 1.62. The van der Waals surface area contributed by atoms with Crippen molar-refractivity contribution in [3.05, 3.63) is 30.5 Å². The van der Waals surface area contributed by atoms with E-state index in [0.717, 1.165) is 51.0 Å². The van der Waals surface area contributed by atoms with Crippen molar-refractivity contribution < 1.29 is 8.78 Å². The summed E-state index contributed by atoms with van der Waals surface area (Å²) in [6.45, 7) is 4.90. The predicted octanol–water partition coefficient (Wildman–Crippen LogP) is 2.53. The molecule has 2 aromatic rings. The van der Waals surface area contributed by atoms with Crippen LogP contribution in [0.25, 0.3) is 17.5 Å². The van der Waals surface area contributed by atoms with Gasteiger partial charge in [0.1, 0.15) is 18.0 Å². The molecule has 2 aromatic heterocycles. The Morgan fingerprint density at radius 1 is 1.39 bits per heavy atom. The third-order valence-electron chi connectivity index (χ3n) is 5.19. The van der Waals surface area contributed by atoms with Gasteiger partial charge in [-0.15, -0.1) is 0 Å². The zero-order chi connectivity index (χ0) is 22.2. The average molecular weight is 433 g/mol. The maximum absolute atomic E-state index is 12.4. The first-order valence-corrected chi connectivity index (χ1v) is 10.4. The third-order valence-corrected chi connectivity index (χ3v) is 5.19. The normalized spacial score (nSPS) is 17.2. The van der Waals surface area contributed by atoms with E-state index in [1.54, 1.807) is 6.20 Å². The number of hydrogen-bond donors (Lipinski definition) is 3. The first-order chi connectivity index (χ1) is 14.9. The van der Waals surface area contributed by atoms with Crippen molar-refractivity contribution in [1.29, 1.82) is 5.41 Å². The number of H-pyrrole nitrogens is 1. The summed E-state index contributed by atoms with van der Waals surface area (Å²) >= 11 is 0. The topological polar surface area (TPSA) is 96.8 Å². The molecule has 1 unspecified atom stereocenters. The molecule has 8 nitrogen and oxygen atoms in total. The lowest BCUT2D eigenvalue weighted by molar-refractivity contribution is 0.226. The van der Waals surface area contributed by atoms with Crippen molar-refractivity contribution in [1.82, 2.24) is 30.2 Å². The van der Waals surface area contributed by atoms with Gasteiger partial charge in [-0.05, 0) is 51.6 Å². The molecular formula is C21H30F2N8. The maximum atomic E-state index is 12.4. The standard InChI is InChI=1S/C21H30F2N8/c1-30(2)9-7-25-11-15-4-3-8-31(13-15)20-10-17(27-14-28-20)18-12-26-19(29-18)6-5-16(24)21(22)23/h5-6,10,12,14-15,21,24-25H,3-4,7-9,11,13H2,1-2H3,(H,26,29)/b6-5-,24-16?. The molecule has 0 aromatic carbocycles. The van der Waals surface area contributed by atoms with Crippen LogP contribution in [-0.2, 0) is 0 Å². The van der Waals surface area contributed by atoms with Crippen molar-refractivity contribution >= 4 is 17.6 Å². The van der Waals surface area contributed by atoms with Gasteiger partial charge in [0.15, 0.2) is 0 Å². The second kappa shape index (κ2) is 11.1. The van der Waals surface area contributed by atoms with Gasteiger partial charge in [-0.3, -0.25) is 5.41 Å². The number of imidazole rings is 1. The number of allylic oxidation sites excluding steroid dienone is 1. The minimum atomic E-state index is -2.80. The molecule has 1 saturated heterocycles. The zero-order valence-corrected chi connectivity index (χ0v) is 18.0. The SMILES string of the molecule is CN(C)CCNCC1CCCN(c2cc(-c3cnc(/C=C\C(=N)C(F)F)[nH]3)ncn2)C1. The lowest BCUT2D eigenvalue weighted by Crippen LogP contribution is -2.41. The lowest BCUT2D eigenvalue weighted by atomic mass is 9.98. The molecule has 1 atom stereocenters. The molecule has 168 valence electrons. The highest BCUT2D eigenvalue weighted by Gasteiger charge is 2.21. The van der Waals surface area contributed by atoms with Crippen molar-refractivity contribution in [3.63, 3.8) is 0 Å². The van der Waals surface area contributed by atoms with E-state index >= 15 is 0 Å². The van der Waals surface area contributed by atoms with Gasteiger partial charge in [0.2, 0.25) is 0 Å². The lowest BCUT2D eigenvalue weighted by Gasteiger charge is -2.33. The van der Waals surface area contributed by atoms with Gasteiger partial charge in [-0.1, -0.05) is 0 Å². The second-order valence-corrected chi connectivity index (χ2v) is 7.99. The molecule has 0 saturated carbocycles. The Kier molecular flexibility index (Phi) is 8.19. The summed E-state index contributed by atoms with van der Waals surface area (Å²) in [5, 5.41) is 10.7.